The fraction of sp³-hybridized carbons (Fsp3) is 0.357. The minimum atomic E-state index is -1.12. The van der Waals surface area contributed by atoms with Crippen molar-refractivity contribution in [2.24, 2.45) is 0 Å². The molecule has 0 bridgehead atoms. The third-order valence-corrected chi connectivity index (χ3v) is 3.28. The molecule has 0 aliphatic carbocycles. The van der Waals surface area contributed by atoms with Crippen LogP contribution in [0.25, 0.3) is 10.9 Å². The summed E-state index contributed by atoms with van der Waals surface area (Å²) in [4.78, 5) is 4.24. The molecule has 0 radical (unpaired) electrons. The molecule has 17 heavy (non-hydrogen) atoms. The molecule has 0 aliphatic rings. The van der Waals surface area contributed by atoms with Gasteiger partial charge in [-0.3, -0.25) is 4.98 Å². The van der Waals surface area contributed by atoms with E-state index in [0.29, 0.717) is 6.42 Å². The molecule has 2 atom stereocenters. The summed E-state index contributed by atoms with van der Waals surface area (Å²) in [5, 5.41) is 21.3. The van der Waals surface area contributed by atoms with Crippen LogP contribution >= 0.6 is 0 Å². The van der Waals surface area contributed by atoms with Gasteiger partial charge in [-0.15, -0.1) is 0 Å². The van der Waals surface area contributed by atoms with Crippen LogP contribution in [0.1, 0.15) is 31.9 Å². The number of pyridine rings is 1. The number of fused-ring (bicyclic) bond motifs is 1. The number of aliphatic hydroxyl groups is 2. The lowest BCUT2D eigenvalue weighted by molar-refractivity contribution is -0.0652. The van der Waals surface area contributed by atoms with E-state index in [4.69, 9.17) is 0 Å². The topological polar surface area (TPSA) is 53.4 Å². The monoisotopic (exact) mass is 231 g/mol. The summed E-state index contributed by atoms with van der Waals surface area (Å²) >= 11 is 0. The average molecular weight is 231 g/mol. The minimum Gasteiger partial charge on any atom is -0.387 e. The second-order valence-corrected chi connectivity index (χ2v) is 4.53. The van der Waals surface area contributed by atoms with Gasteiger partial charge in [0.25, 0.3) is 0 Å². The summed E-state index contributed by atoms with van der Waals surface area (Å²) in [5.41, 5.74) is 0.433. The van der Waals surface area contributed by atoms with E-state index in [9.17, 15) is 10.2 Å². The predicted molar refractivity (Wildman–Crippen MR) is 67.6 cm³/mol. The minimum absolute atomic E-state index is 0.491. The van der Waals surface area contributed by atoms with Gasteiger partial charge in [-0.2, -0.15) is 0 Å². The highest BCUT2D eigenvalue weighted by Crippen LogP contribution is 2.32. The molecule has 1 aromatic heterocycles. The molecule has 0 fully saturated rings. The number of rotatable bonds is 3. The van der Waals surface area contributed by atoms with Crippen molar-refractivity contribution in [2.75, 3.05) is 0 Å². The smallest absolute Gasteiger partial charge is 0.108 e. The van der Waals surface area contributed by atoms with E-state index in [2.05, 4.69) is 4.98 Å². The first-order valence-corrected chi connectivity index (χ1v) is 5.80. The summed E-state index contributed by atoms with van der Waals surface area (Å²) in [6.45, 7) is 3.50. The Labute approximate surface area is 101 Å². The maximum atomic E-state index is 10.3. The summed E-state index contributed by atoms with van der Waals surface area (Å²) in [5.74, 6) is 0. The molecular formula is C14H17NO2. The first-order valence-electron chi connectivity index (χ1n) is 5.80. The number of nitrogens with zero attached hydrogens (tertiary/aromatic N) is 1. The van der Waals surface area contributed by atoms with Crippen LogP contribution in [0.3, 0.4) is 0 Å². The van der Waals surface area contributed by atoms with Crippen LogP contribution in [0, 0.1) is 0 Å². The average Bonchev–Trinajstić information content (AvgIpc) is 2.37. The van der Waals surface area contributed by atoms with Gasteiger partial charge < -0.3 is 10.2 Å². The van der Waals surface area contributed by atoms with Gasteiger partial charge in [0.15, 0.2) is 0 Å². The quantitative estimate of drug-likeness (QED) is 0.853. The van der Waals surface area contributed by atoms with E-state index < -0.39 is 11.7 Å². The van der Waals surface area contributed by atoms with Crippen LogP contribution in [-0.2, 0) is 0 Å². The fourth-order valence-electron chi connectivity index (χ4n) is 1.89. The zero-order valence-corrected chi connectivity index (χ0v) is 10.1. The van der Waals surface area contributed by atoms with E-state index >= 15 is 0 Å². The molecule has 0 aliphatic heterocycles. The second-order valence-electron chi connectivity index (χ2n) is 4.53. The lowest BCUT2D eigenvalue weighted by Gasteiger charge is -2.28. The number of aromatic nitrogens is 1. The fourth-order valence-corrected chi connectivity index (χ4v) is 1.89. The summed E-state index contributed by atoms with van der Waals surface area (Å²) < 4.78 is 0. The van der Waals surface area contributed by atoms with Crippen molar-refractivity contribution in [3.05, 3.63) is 42.1 Å². The maximum absolute atomic E-state index is 10.3. The SMILES string of the molecule is CCC(C)(O)C(O)c1cccc2ncccc12. The molecule has 2 unspecified atom stereocenters. The Bertz CT molecular complexity index is 517. The van der Waals surface area contributed by atoms with E-state index in [0.717, 1.165) is 16.5 Å². The van der Waals surface area contributed by atoms with Crippen molar-refractivity contribution in [3.63, 3.8) is 0 Å². The van der Waals surface area contributed by atoms with Crippen LogP contribution in [0.2, 0.25) is 0 Å². The van der Waals surface area contributed by atoms with Crippen LogP contribution in [0.4, 0.5) is 0 Å². The third-order valence-electron chi connectivity index (χ3n) is 3.28. The Morgan fingerprint density at radius 1 is 1.29 bits per heavy atom. The third kappa shape index (κ3) is 2.16. The Kier molecular flexibility index (Phi) is 3.13. The van der Waals surface area contributed by atoms with Crippen molar-refractivity contribution >= 4 is 10.9 Å². The van der Waals surface area contributed by atoms with Crippen LogP contribution in [0.15, 0.2) is 36.5 Å². The van der Waals surface area contributed by atoms with Gasteiger partial charge in [-0.1, -0.05) is 25.1 Å². The summed E-state index contributed by atoms with van der Waals surface area (Å²) in [7, 11) is 0. The molecule has 1 heterocycles. The van der Waals surface area contributed by atoms with Crippen molar-refractivity contribution in [1.82, 2.24) is 4.98 Å². The van der Waals surface area contributed by atoms with Gasteiger partial charge in [0.1, 0.15) is 6.10 Å². The molecule has 0 spiro atoms. The van der Waals surface area contributed by atoms with Crippen molar-refractivity contribution in [1.29, 1.82) is 0 Å². The Morgan fingerprint density at radius 3 is 2.76 bits per heavy atom. The number of aliphatic hydroxyl groups excluding tert-OH is 1. The normalized spacial score (nSPS) is 16.7. The Morgan fingerprint density at radius 2 is 2.06 bits per heavy atom. The number of benzene rings is 1. The van der Waals surface area contributed by atoms with Gasteiger partial charge in [0.2, 0.25) is 0 Å². The first kappa shape index (κ1) is 12.0. The zero-order chi connectivity index (χ0) is 12.5. The molecular weight excluding hydrogens is 214 g/mol. The summed E-state index contributed by atoms with van der Waals surface area (Å²) in [6, 6.07) is 9.32. The van der Waals surface area contributed by atoms with Crippen molar-refractivity contribution in [2.45, 2.75) is 32.0 Å². The van der Waals surface area contributed by atoms with E-state index in [1.54, 1.807) is 13.1 Å². The van der Waals surface area contributed by atoms with E-state index in [1.807, 2.05) is 37.3 Å². The highest BCUT2D eigenvalue weighted by Gasteiger charge is 2.30. The summed E-state index contributed by atoms with van der Waals surface area (Å²) in [6.07, 6.45) is 1.31. The maximum Gasteiger partial charge on any atom is 0.108 e. The lowest BCUT2D eigenvalue weighted by Crippen LogP contribution is -2.31. The molecule has 2 rings (SSSR count). The molecule has 0 saturated heterocycles. The van der Waals surface area contributed by atoms with Gasteiger partial charge in [-0.05, 0) is 31.0 Å². The molecule has 0 saturated carbocycles. The molecule has 0 amide bonds. The predicted octanol–water partition coefficient (Wildman–Crippen LogP) is 2.43. The van der Waals surface area contributed by atoms with Crippen LogP contribution in [0.5, 0.6) is 0 Å². The molecule has 1 aromatic carbocycles. The van der Waals surface area contributed by atoms with Gasteiger partial charge >= 0.3 is 0 Å². The molecule has 3 nitrogen and oxygen atoms in total. The van der Waals surface area contributed by atoms with Gasteiger partial charge in [0, 0.05) is 11.6 Å². The lowest BCUT2D eigenvalue weighted by atomic mass is 9.89. The standard InChI is InChI=1S/C14H17NO2/c1-3-14(2,17)13(16)11-6-4-8-12-10(11)7-5-9-15-12/h4-9,13,16-17H,3H2,1-2H3. The molecule has 2 aromatic rings. The second kappa shape index (κ2) is 4.43. The van der Waals surface area contributed by atoms with Crippen LogP contribution < -0.4 is 0 Å². The Hall–Kier alpha value is -1.45. The number of hydrogen-bond donors (Lipinski definition) is 2. The molecule has 3 heteroatoms. The first-order chi connectivity index (χ1) is 8.06. The van der Waals surface area contributed by atoms with Gasteiger partial charge in [0.05, 0.1) is 11.1 Å². The zero-order valence-electron chi connectivity index (χ0n) is 10.1. The number of hydrogen-bond acceptors (Lipinski definition) is 3. The highest BCUT2D eigenvalue weighted by molar-refractivity contribution is 5.82. The largest absolute Gasteiger partial charge is 0.387 e. The van der Waals surface area contributed by atoms with Crippen molar-refractivity contribution < 1.29 is 10.2 Å². The van der Waals surface area contributed by atoms with E-state index in [-0.39, 0.29) is 0 Å². The van der Waals surface area contributed by atoms with Crippen molar-refractivity contribution in [3.8, 4) is 0 Å². The van der Waals surface area contributed by atoms with Crippen LogP contribution in [-0.4, -0.2) is 20.8 Å². The van der Waals surface area contributed by atoms with Gasteiger partial charge in [-0.25, -0.2) is 0 Å². The Balaban J connectivity index is 2.56. The van der Waals surface area contributed by atoms with E-state index in [1.165, 1.54) is 0 Å². The molecule has 2 N–H and O–H groups in total. The highest BCUT2D eigenvalue weighted by atomic mass is 16.3. The molecule has 90 valence electrons.